The number of carbonyl (C=O) groups is 2. The number of ether oxygens (including phenoxy) is 1. The van der Waals surface area contributed by atoms with Crippen molar-refractivity contribution in [1.29, 1.82) is 0 Å². The third kappa shape index (κ3) is 7.13. The molecule has 0 fully saturated rings. The van der Waals surface area contributed by atoms with Crippen LogP contribution in [0.2, 0.25) is 0 Å². The van der Waals surface area contributed by atoms with Crippen LogP contribution in [0.1, 0.15) is 31.9 Å². The van der Waals surface area contributed by atoms with Crippen molar-refractivity contribution in [1.82, 2.24) is 10.2 Å². The van der Waals surface area contributed by atoms with E-state index in [0.29, 0.717) is 13.0 Å². The number of benzene rings is 2. The summed E-state index contributed by atoms with van der Waals surface area (Å²) < 4.78 is 5.33. The molecule has 2 aromatic rings. The Morgan fingerprint density at radius 1 is 0.963 bits per heavy atom. The molecule has 0 saturated heterocycles. The van der Waals surface area contributed by atoms with Crippen LogP contribution in [0, 0.1) is 0 Å². The molecule has 0 saturated carbocycles. The fourth-order valence-electron chi connectivity index (χ4n) is 2.70. The van der Waals surface area contributed by atoms with Crippen LogP contribution in [0.5, 0.6) is 0 Å². The van der Waals surface area contributed by atoms with E-state index in [9.17, 15) is 9.59 Å². The van der Waals surface area contributed by atoms with Crippen molar-refractivity contribution < 1.29 is 14.3 Å². The number of rotatable bonds is 6. The van der Waals surface area contributed by atoms with Crippen molar-refractivity contribution in [2.45, 2.75) is 45.4 Å². The Bertz CT molecular complexity index is 739. The lowest BCUT2D eigenvalue weighted by Gasteiger charge is -2.26. The van der Waals surface area contributed by atoms with E-state index < -0.39 is 17.7 Å². The number of likely N-dealkylation sites (N-methyl/N-ethyl adjacent to an activating group) is 1. The maximum atomic E-state index is 13.0. The smallest absolute Gasteiger partial charge is 0.408 e. The van der Waals surface area contributed by atoms with Gasteiger partial charge in [0.1, 0.15) is 11.6 Å². The molecule has 144 valence electrons. The zero-order valence-corrected chi connectivity index (χ0v) is 16.4. The summed E-state index contributed by atoms with van der Waals surface area (Å²) in [6.07, 6.45) is -0.192. The molecule has 1 N–H and O–H groups in total. The Balaban J connectivity index is 2.11. The van der Waals surface area contributed by atoms with E-state index in [1.165, 1.54) is 0 Å². The van der Waals surface area contributed by atoms with Crippen LogP contribution in [0.25, 0.3) is 0 Å². The zero-order chi connectivity index (χ0) is 19.9. The van der Waals surface area contributed by atoms with E-state index in [-0.39, 0.29) is 5.91 Å². The van der Waals surface area contributed by atoms with Gasteiger partial charge in [0.15, 0.2) is 0 Å². The van der Waals surface area contributed by atoms with E-state index in [1.54, 1.807) is 32.7 Å². The first kappa shape index (κ1) is 20.5. The molecule has 2 rings (SSSR count). The molecule has 27 heavy (non-hydrogen) atoms. The van der Waals surface area contributed by atoms with Gasteiger partial charge in [-0.3, -0.25) is 4.79 Å². The Kier molecular flexibility index (Phi) is 6.99. The molecule has 5 nitrogen and oxygen atoms in total. The minimum atomic E-state index is -0.698. The highest BCUT2D eigenvalue weighted by atomic mass is 16.6. The maximum Gasteiger partial charge on any atom is 0.408 e. The maximum absolute atomic E-state index is 13.0. The number of alkyl carbamates (subject to hydrolysis) is 1. The number of nitrogens with zero attached hydrogens (tertiary/aromatic N) is 1. The Morgan fingerprint density at radius 3 is 2.00 bits per heavy atom. The van der Waals surface area contributed by atoms with Gasteiger partial charge in [0.25, 0.3) is 0 Å². The van der Waals surface area contributed by atoms with Crippen molar-refractivity contribution in [2.24, 2.45) is 0 Å². The van der Waals surface area contributed by atoms with Gasteiger partial charge in [0, 0.05) is 20.0 Å². The lowest BCUT2D eigenvalue weighted by atomic mass is 10.0. The van der Waals surface area contributed by atoms with E-state index >= 15 is 0 Å². The van der Waals surface area contributed by atoms with Gasteiger partial charge >= 0.3 is 6.09 Å². The third-order valence-corrected chi connectivity index (χ3v) is 3.91. The third-order valence-electron chi connectivity index (χ3n) is 3.91. The molecule has 0 aliphatic rings. The summed E-state index contributed by atoms with van der Waals surface area (Å²) in [6, 6.07) is 18.7. The molecule has 5 heteroatoms. The summed E-state index contributed by atoms with van der Waals surface area (Å²) in [5.41, 5.74) is 1.38. The van der Waals surface area contributed by atoms with Crippen molar-refractivity contribution in [3.8, 4) is 0 Å². The topological polar surface area (TPSA) is 58.6 Å². The molecule has 0 aliphatic heterocycles. The van der Waals surface area contributed by atoms with E-state index in [4.69, 9.17) is 4.74 Å². The second-order valence-corrected chi connectivity index (χ2v) is 7.57. The molecule has 0 bridgehead atoms. The molecular weight excluding hydrogens is 340 g/mol. The van der Waals surface area contributed by atoms with Crippen LogP contribution < -0.4 is 5.32 Å². The van der Waals surface area contributed by atoms with Gasteiger partial charge in [0.05, 0.1) is 0 Å². The van der Waals surface area contributed by atoms with E-state index in [1.807, 2.05) is 60.7 Å². The van der Waals surface area contributed by atoms with E-state index in [0.717, 1.165) is 11.1 Å². The number of hydrogen-bond acceptors (Lipinski definition) is 3. The molecule has 1 atom stereocenters. The van der Waals surface area contributed by atoms with Crippen molar-refractivity contribution in [3.05, 3.63) is 71.8 Å². The van der Waals surface area contributed by atoms with Gasteiger partial charge in [-0.2, -0.15) is 0 Å². The van der Waals surface area contributed by atoms with Crippen LogP contribution in [-0.2, 0) is 22.5 Å². The normalized spacial score (nSPS) is 12.1. The summed E-state index contributed by atoms with van der Waals surface area (Å²) in [6.45, 7) is 5.85. The predicted molar refractivity (Wildman–Crippen MR) is 106 cm³/mol. The average molecular weight is 368 g/mol. The second-order valence-electron chi connectivity index (χ2n) is 7.57. The number of carbonyl (C=O) groups excluding carboxylic acids is 2. The summed E-state index contributed by atoms with van der Waals surface area (Å²) in [5, 5.41) is 2.74. The summed E-state index contributed by atoms with van der Waals surface area (Å²) in [7, 11) is 1.74. The first-order valence-electron chi connectivity index (χ1n) is 9.07. The monoisotopic (exact) mass is 368 g/mol. The SMILES string of the molecule is CN(Cc1ccccc1)C(=O)C(Cc1ccccc1)NC(=O)OC(C)(C)C. The fourth-order valence-corrected chi connectivity index (χ4v) is 2.70. The molecule has 0 aromatic heterocycles. The Morgan fingerprint density at radius 2 is 1.48 bits per heavy atom. The largest absolute Gasteiger partial charge is 0.444 e. The van der Waals surface area contributed by atoms with Gasteiger partial charge in [-0.1, -0.05) is 60.7 Å². The fraction of sp³-hybridized carbons (Fsp3) is 0.364. The molecule has 0 radical (unpaired) electrons. The molecule has 0 heterocycles. The molecule has 0 spiro atoms. The molecule has 1 unspecified atom stereocenters. The number of hydrogen-bond donors (Lipinski definition) is 1. The van der Waals surface area contributed by atoms with Crippen LogP contribution >= 0.6 is 0 Å². The quantitative estimate of drug-likeness (QED) is 0.844. The highest BCUT2D eigenvalue weighted by Gasteiger charge is 2.27. The Hall–Kier alpha value is -2.82. The highest BCUT2D eigenvalue weighted by Crippen LogP contribution is 2.11. The van der Waals surface area contributed by atoms with Crippen LogP contribution in [0.3, 0.4) is 0 Å². The number of nitrogens with one attached hydrogen (secondary N) is 1. The minimum absolute atomic E-state index is 0.159. The van der Waals surface area contributed by atoms with Gasteiger partial charge in [-0.15, -0.1) is 0 Å². The summed E-state index contributed by atoms with van der Waals surface area (Å²) in [5.74, 6) is -0.159. The molecule has 0 aliphatic carbocycles. The van der Waals surface area contributed by atoms with Gasteiger partial charge in [0.2, 0.25) is 5.91 Å². The lowest BCUT2D eigenvalue weighted by Crippen LogP contribution is -2.49. The molecule has 2 amide bonds. The lowest BCUT2D eigenvalue weighted by molar-refractivity contribution is -0.132. The van der Waals surface area contributed by atoms with E-state index in [2.05, 4.69) is 5.32 Å². The second kappa shape index (κ2) is 9.21. The summed E-state index contributed by atoms with van der Waals surface area (Å²) in [4.78, 5) is 26.9. The van der Waals surface area contributed by atoms with Crippen molar-refractivity contribution in [2.75, 3.05) is 7.05 Å². The average Bonchev–Trinajstić information content (AvgIpc) is 2.60. The highest BCUT2D eigenvalue weighted by molar-refractivity contribution is 5.86. The van der Waals surface area contributed by atoms with Gasteiger partial charge in [-0.05, 0) is 31.9 Å². The first-order valence-corrected chi connectivity index (χ1v) is 9.07. The van der Waals surface area contributed by atoms with Crippen LogP contribution in [0.15, 0.2) is 60.7 Å². The van der Waals surface area contributed by atoms with Crippen molar-refractivity contribution >= 4 is 12.0 Å². The molecule has 2 aromatic carbocycles. The molecular formula is C22H28N2O3. The zero-order valence-electron chi connectivity index (χ0n) is 16.4. The number of amides is 2. The standard InChI is InChI=1S/C22H28N2O3/c1-22(2,3)27-21(26)23-19(15-17-11-7-5-8-12-17)20(25)24(4)16-18-13-9-6-10-14-18/h5-14,19H,15-16H2,1-4H3,(H,23,26). The Labute approximate surface area is 161 Å². The first-order chi connectivity index (χ1) is 12.7. The van der Waals surface area contributed by atoms with Crippen LogP contribution in [0.4, 0.5) is 4.79 Å². The van der Waals surface area contributed by atoms with Crippen LogP contribution in [-0.4, -0.2) is 35.6 Å². The van der Waals surface area contributed by atoms with Gasteiger partial charge < -0.3 is 15.0 Å². The summed E-state index contributed by atoms with van der Waals surface area (Å²) >= 11 is 0. The predicted octanol–water partition coefficient (Wildman–Crippen LogP) is 3.78. The minimum Gasteiger partial charge on any atom is -0.444 e. The van der Waals surface area contributed by atoms with Gasteiger partial charge in [-0.25, -0.2) is 4.79 Å². The van der Waals surface area contributed by atoms with Crippen molar-refractivity contribution in [3.63, 3.8) is 0 Å².